The van der Waals surface area contributed by atoms with Crippen molar-refractivity contribution in [3.05, 3.63) is 77.3 Å². The van der Waals surface area contributed by atoms with E-state index in [-0.39, 0.29) is 5.91 Å². The highest BCUT2D eigenvalue weighted by Crippen LogP contribution is 2.27. The molecule has 4 rings (SSSR count). The molecule has 1 N–H and O–H groups in total. The Morgan fingerprint density at radius 1 is 1.11 bits per heavy atom. The third-order valence-corrected chi connectivity index (χ3v) is 4.47. The fraction of sp³-hybridized carbons (Fsp3) is 0.0909. The number of anilines is 1. The summed E-state index contributed by atoms with van der Waals surface area (Å²) >= 11 is 6.15. The van der Waals surface area contributed by atoms with Gasteiger partial charge in [0.05, 0.1) is 11.6 Å². The van der Waals surface area contributed by atoms with Crippen molar-refractivity contribution < 1.29 is 13.9 Å². The minimum absolute atomic E-state index is 0.250. The van der Waals surface area contributed by atoms with Crippen LogP contribution in [0.15, 0.2) is 71.1 Å². The number of nitrogens with one attached hydrogen (secondary N) is 1. The van der Waals surface area contributed by atoms with Gasteiger partial charge in [0.15, 0.2) is 5.58 Å². The van der Waals surface area contributed by atoms with E-state index in [4.69, 9.17) is 20.8 Å². The topological polar surface area (TPSA) is 64.4 Å². The second-order valence-electron chi connectivity index (χ2n) is 6.10. The molecule has 0 aliphatic rings. The molecule has 0 unspecified atom stereocenters. The lowest BCUT2D eigenvalue weighted by Gasteiger charge is -2.09. The number of hydrogen-bond donors (Lipinski definition) is 1. The summed E-state index contributed by atoms with van der Waals surface area (Å²) in [6, 6.07) is 19.9. The zero-order valence-electron chi connectivity index (χ0n) is 15.1. The number of para-hydroxylation sites is 2. The second-order valence-corrected chi connectivity index (χ2v) is 6.50. The Hall–Kier alpha value is -3.31. The molecular weight excluding hydrogens is 376 g/mol. The van der Waals surface area contributed by atoms with Crippen LogP contribution in [0.5, 0.6) is 5.75 Å². The number of halogens is 1. The molecule has 0 aliphatic heterocycles. The lowest BCUT2D eigenvalue weighted by Crippen LogP contribution is -2.11. The van der Waals surface area contributed by atoms with Crippen LogP contribution in [0.25, 0.3) is 22.6 Å². The molecule has 0 saturated heterocycles. The predicted molar refractivity (Wildman–Crippen MR) is 110 cm³/mol. The van der Waals surface area contributed by atoms with E-state index in [0.717, 1.165) is 16.7 Å². The van der Waals surface area contributed by atoms with Gasteiger partial charge in [-0.05, 0) is 61.5 Å². The monoisotopic (exact) mass is 392 g/mol. The fourth-order valence-electron chi connectivity index (χ4n) is 2.81. The standard InChI is InChI=1S/C22H17ClN2O3/c1-2-27-19-12-9-15(13-17(19)23)21(26)24-16-10-7-14(8-11-16)22-25-18-5-3-4-6-20(18)28-22/h3-13H,2H2,1H3,(H,24,26). The highest BCUT2D eigenvalue weighted by atomic mass is 35.5. The highest BCUT2D eigenvalue weighted by Gasteiger charge is 2.11. The number of nitrogens with zero attached hydrogens (tertiary/aromatic N) is 1. The molecule has 0 fully saturated rings. The van der Waals surface area contributed by atoms with E-state index >= 15 is 0 Å². The summed E-state index contributed by atoms with van der Waals surface area (Å²) in [4.78, 5) is 16.9. The summed E-state index contributed by atoms with van der Waals surface area (Å²) < 4.78 is 11.2. The van der Waals surface area contributed by atoms with E-state index in [0.29, 0.717) is 34.5 Å². The molecule has 3 aromatic carbocycles. The van der Waals surface area contributed by atoms with E-state index in [9.17, 15) is 4.79 Å². The Morgan fingerprint density at radius 3 is 2.61 bits per heavy atom. The van der Waals surface area contributed by atoms with Gasteiger partial charge in [0.2, 0.25) is 5.89 Å². The average molecular weight is 393 g/mol. The van der Waals surface area contributed by atoms with Gasteiger partial charge in [-0.25, -0.2) is 4.98 Å². The maximum atomic E-state index is 12.5. The Morgan fingerprint density at radius 2 is 1.89 bits per heavy atom. The molecule has 0 saturated carbocycles. The first-order chi connectivity index (χ1) is 13.6. The van der Waals surface area contributed by atoms with Gasteiger partial charge in [0.25, 0.3) is 5.91 Å². The van der Waals surface area contributed by atoms with Crippen molar-refractivity contribution in [3.8, 4) is 17.2 Å². The first kappa shape index (κ1) is 18.1. The van der Waals surface area contributed by atoms with Gasteiger partial charge in [-0.15, -0.1) is 0 Å². The summed E-state index contributed by atoms with van der Waals surface area (Å²) in [5.41, 5.74) is 3.49. The minimum atomic E-state index is -0.250. The molecule has 28 heavy (non-hydrogen) atoms. The van der Waals surface area contributed by atoms with Crippen LogP contribution in [0, 0.1) is 0 Å². The van der Waals surface area contributed by atoms with E-state index in [1.807, 2.05) is 43.3 Å². The smallest absolute Gasteiger partial charge is 0.255 e. The van der Waals surface area contributed by atoms with Gasteiger partial charge >= 0.3 is 0 Å². The van der Waals surface area contributed by atoms with Crippen LogP contribution in [-0.4, -0.2) is 17.5 Å². The van der Waals surface area contributed by atoms with Gasteiger partial charge in [-0.1, -0.05) is 23.7 Å². The van der Waals surface area contributed by atoms with Crippen LogP contribution in [0.1, 0.15) is 17.3 Å². The van der Waals surface area contributed by atoms with Crippen molar-refractivity contribution in [2.24, 2.45) is 0 Å². The summed E-state index contributed by atoms with van der Waals surface area (Å²) in [5, 5.41) is 3.26. The zero-order chi connectivity index (χ0) is 19.5. The summed E-state index contributed by atoms with van der Waals surface area (Å²) in [6.07, 6.45) is 0. The summed E-state index contributed by atoms with van der Waals surface area (Å²) in [6.45, 7) is 2.39. The maximum absolute atomic E-state index is 12.5. The van der Waals surface area contributed by atoms with Crippen LogP contribution in [0.3, 0.4) is 0 Å². The van der Waals surface area contributed by atoms with E-state index in [2.05, 4.69) is 10.3 Å². The molecule has 0 spiro atoms. The molecule has 6 heteroatoms. The normalized spacial score (nSPS) is 10.8. The predicted octanol–water partition coefficient (Wildman–Crippen LogP) is 5.80. The first-order valence-electron chi connectivity index (χ1n) is 8.84. The molecule has 0 aliphatic carbocycles. The van der Waals surface area contributed by atoms with Crippen molar-refractivity contribution in [3.63, 3.8) is 0 Å². The lowest BCUT2D eigenvalue weighted by atomic mass is 10.1. The summed E-state index contributed by atoms with van der Waals surface area (Å²) in [7, 11) is 0. The number of carbonyl (C=O) groups is 1. The van der Waals surface area contributed by atoms with Gasteiger partial charge in [0, 0.05) is 16.8 Å². The van der Waals surface area contributed by atoms with Crippen LogP contribution >= 0.6 is 11.6 Å². The number of hydrogen-bond acceptors (Lipinski definition) is 4. The average Bonchev–Trinajstić information content (AvgIpc) is 3.14. The number of carbonyl (C=O) groups excluding carboxylic acids is 1. The number of benzene rings is 3. The van der Waals surface area contributed by atoms with Crippen molar-refractivity contribution >= 4 is 34.3 Å². The minimum Gasteiger partial charge on any atom is -0.492 e. The Bertz CT molecular complexity index is 1100. The van der Waals surface area contributed by atoms with E-state index < -0.39 is 0 Å². The second kappa shape index (κ2) is 7.74. The van der Waals surface area contributed by atoms with Gasteiger partial charge in [-0.3, -0.25) is 4.79 Å². The van der Waals surface area contributed by atoms with Gasteiger partial charge < -0.3 is 14.5 Å². The number of oxazole rings is 1. The van der Waals surface area contributed by atoms with Crippen LogP contribution in [0.4, 0.5) is 5.69 Å². The third kappa shape index (κ3) is 3.70. The third-order valence-electron chi connectivity index (χ3n) is 4.18. The van der Waals surface area contributed by atoms with Crippen molar-refractivity contribution in [2.45, 2.75) is 6.92 Å². The molecule has 1 amide bonds. The Balaban J connectivity index is 1.49. The highest BCUT2D eigenvalue weighted by molar-refractivity contribution is 6.32. The van der Waals surface area contributed by atoms with Crippen LogP contribution in [0.2, 0.25) is 5.02 Å². The van der Waals surface area contributed by atoms with E-state index in [1.165, 1.54) is 0 Å². The number of aromatic nitrogens is 1. The number of amides is 1. The Kier molecular flexibility index (Phi) is 5.00. The van der Waals surface area contributed by atoms with Crippen molar-refractivity contribution in [2.75, 3.05) is 11.9 Å². The molecule has 1 heterocycles. The first-order valence-corrected chi connectivity index (χ1v) is 9.21. The van der Waals surface area contributed by atoms with Crippen molar-refractivity contribution in [1.29, 1.82) is 0 Å². The molecule has 5 nitrogen and oxygen atoms in total. The molecule has 4 aromatic rings. The van der Waals surface area contributed by atoms with Gasteiger partial charge in [0.1, 0.15) is 11.3 Å². The molecular formula is C22H17ClN2O3. The number of rotatable bonds is 5. The van der Waals surface area contributed by atoms with Crippen molar-refractivity contribution in [1.82, 2.24) is 4.98 Å². The number of ether oxygens (including phenoxy) is 1. The maximum Gasteiger partial charge on any atom is 0.255 e. The quantitative estimate of drug-likeness (QED) is 0.466. The molecule has 0 atom stereocenters. The number of fused-ring (bicyclic) bond motifs is 1. The lowest BCUT2D eigenvalue weighted by molar-refractivity contribution is 0.102. The molecule has 1 aromatic heterocycles. The van der Waals surface area contributed by atoms with Crippen LogP contribution < -0.4 is 10.1 Å². The summed E-state index contributed by atoms with van der Waals surface area (Å²) in [5.74, 6) is 0.848. The van der Waals surface area contributed by atoms with E-state index in [1.54, 1.807) is 30.3 Å². The van der Waals surface area contributed by atoms with Crippen LogP contribution in [-0.2, 0) is 0 Å². The SMILES string of the molecule is CCOc1ccc(C(=O)Nc2ccc(-c3nc4ccccc4o3)cc2)cc1Cl. The largest absolute Gasteiger partial charge is 0.492 e. The van der Waals surface area contributed by atoms with Gasteiger partial charge in [-0.2, -0.15) is 0 Å². The zero-order valence-corrected chi connectivity index (χ0v) is 15.9. The Labute approximate surface area is 166 Å². The molecule has 140 valence electrons. The molecule has 0 bridgehead atoms. The molecule has 0 radical (unpaired) electrons. The fourth-order valence-corrected chi connectivity index (χ4v) is 3.04.